The predicted octanol–water partition coefficient (Wildman–Crippen LogP) is 1.31. The first-order valence-electron chi connectivity index (χ1n) is 8.80. The molecule has 3 atom stereocenters. The molecular weight excluding hydrogens is 334 g/mol. The van der Waals surface area contributed by atoms with Gasteiger partial charge >= 0.3 is 5.69 Å². The Balaban J connectivity index is 1.83. The van der Waals surface area contributed by atoms with E-state index in [1.165, 1.54) is 0 Å². The lowest BCUT2D eigenvalue weighted by molar-refractivity contribution is 0.0906. The van der Waals surface area contributed by atoms with E-state index in [4.69, 9.17) is 4.74 Å². The first-order valence-corrected chi connectivity index (χ1v) is 8.80. The predicted molar refractivity (Wildman–Crippen MR) is 97.8 cm³/mol. The Hall–Kier alpha value is -2.22. The van der Waals surface area contributed by atoms with E-state index in [0.717, 1.165) is 11.1 Å². The maximum absolute atomic E-state index is 12.5. The van der Waals surface area contributed by atoms with Gasteiger partial charge < -0.3 is 20.3 Å². The van der Waals surface area contributed by atoms with Crippen LogP contribution >= 0.6 is 0 Å². The average Bonchev–Trinajstić information content (AvgIpc) is 3.03. The number of aromatic nitrogens is 2. The maximum atomic E-state index is 12.5. The molecule has 7 heteroatoms. The Morgan fingerprint density at radius 3 is 2.73 bits per heavy atom. The normalized spacial score (nSPS) is 22.5. The monoisotopic (exact) mass is 359 g/mol. The lowest BCUT2D eigenvalue weighted by atomic mass is 10.1. The molecule has 0 unspecified atom stereocenters. The SMILES string of the molecule is COCc1cn([C@@H]2C[C@H](CO)[C@@H](O)C2)c(=O)nc1NCc1ccccc1. The minimum atomic E-state index is -0.598. The number of aliphatic hydroxyl groups excluding tert-OH is 2. The highest BCUT2D eigenvalue weighted by atomic mass is 16.5. The second-order valence-corrected chi connectivity index (χ2v) is 6.71. The van der Waals surface area contributed by atoms with E-state index in [9.17, 15) is 15.0 Å². The molecule has 0 radical (unpaired) electrons. The molecule has 0 saturated heterocycles. The van der Waals surface area contributed by atoms with Gasteiger partial charge in [0.2, 0.25) is 0 Å². The zero-order chi connectivity index (χ0) is 18.5. The summed E-state index contributed by atoms with van der Waals surface area (Å²) < 4.78 is 6.81. The molecular formula is C19H25N3O4. The van der Waals surface area contributed by atoms with Gasteiger partial charge in [-0.15, -0.1) is 0 Å². The number of benzene rings is 1. The van der Waals surface area contributed by atoms with Crippen LogP contribution in [0.3, 0.4) is 0 Å². The topological polar surface area (TPSA) is 96.6 Å². The molecule has 3 rings (SSSR count). The molecule has 1 aliphatic rings. The van der Waals surface area contributed by atoms with Crippen molar-refractivity contribution in [1.82, 2.24) is 9.55 Å². The fourth-order valence-electron chi connectivity index (χ4n) is 3.46. The smallest absolute Gasteiger partial charge is 0.349 e. The average molecular weight is 359 g/mol. The molecule has 0 bridgehead atoms. The van der Waals surface area contributed by atoms with Crippen molar-refractivity contribution in [3.63, 3.8) is 0 Å². The summed E-state index contributed by atoms with van der Waals surface area (Å²) in [4.78, 5) is 16.7. The third-order valence-corrected chi connectivity index (χ3v) is 4.89. The Labute approximate surface area is 152 Å². The van der Waals surface area contributed by atoms with E-state index < -0.39 is 6.10 Å². The van der Waals surface area contributed by atoms with Gasteiger partial charge in [0, 0.05) is 44.0 Å². The summed E-state index contributed by atoms with van der Waals surface area (Å²) in [6, 6.07) is 9.71. The fraction of sp³-hybridized carbons (Fsp3) is 0.474. The van der Waals surface area contributed by atoms with Crippen LogP contribution in [0.25, 0.3) is 0 Å². The van der Waals surface area contributed by atoms with Crippen LogP contribution in [0.1, 0.15) is 30.0 Å². The van der Waals surface area contributed by atoms with Crippen LogP contribution in [0.5, 0.6) is 0 Å². The molecule has 0 amide bonds. The van der Waals surface area contributed by atoms with Gasteiger partial charge in [0.15, 0.2) is 0 Å². The standard InChI is InChI=1S/C19H25N3O4/c1-26-12-15-10-22(16-7-14(11-23)17(24)8-16)19(25)21-18(15)20-9-13-5-3-2-4-6-13/h2-6,10,14,16-17,23-24H,7-9,11-12H2,1H3,(H,20,21,25)/t14-,16-,17+/m1/s1. The van der Waals surface area contributed by atoms with Gasteiger partial charge in [-0.1, -0.05) is 30.3 Å². The third kappa shape index (κ3) is 4.12. The summed E-state index contributed by atoms with van der Waals surface area (Å²) in [5, 5.41) is 22.6. The number of nitrogens with one attached hydrogen (secondary N) is 1. The van der Waals surface area contributed by atoms with Crippen molar-refractivity contribution < 1.29 is 14.9 Å². The number of ether oxygens (including phenoxy) is 1. The van der Waals surface area contributed by atoms with Gasteiger partial charge in [-0.05, 0) is 18.4 Å². The largest absolute Gasteiger partial charge is 0.396 e. The zero-order valence-corrected chi connectivity index (χ0v) is 14.8. The second-order valence-electron chi connectivity index (χ2n) is 6.71. The van der Waals surface area contributed by atoms with E-state index >= 15 is 0 Å². The Bertz CT molecular complexity index is 778. The number of nitrogens with zero attached hydrogens (tertiary/aromatic N) is 2. The first-order chi connectivity index (χ1) is 12.6. The summed E-state index contributed by atoms with van der Waals surface area (Å²) >= 11 is 0. The number of methoxy groups -OCH3 is 1. The molecule has 7 nitrogen and oxygen atoms in total. The van der Waals surface area contributed by atoms with Crippen LogP contribution < -0.4 is 11.0 Å². The van der Waals surface area contributed by atoms with Gasteiger partial charge in [-0.3, -0.25) is 4.57 Å². The lowest BCUT2D eigenvalue weighted by Crippen LogP contribution is -2.28. The van der Waals surface area contributed by atoms with Crippen LogP contribution in [0.4, 0.5) is 5.82 Å². The number of rotatable bonds is 7. The minimum Gasteiger partial charge on any atom is -0.396 e. The minimum absolute atomic E-state index is 0.0819. The van der Waals surface area contributed by atoms with Crippen molar-refractivity contribution in [3.8, 4) is 0 Å². The molecule has 26 heavy (non-hydrogen) atoms. The number of hydrogen-bond acceptors (Lipinski definition) is 6. The van der Waals surface area contributed by atoms with Gasteiger partial charge in [0.1, 0.15) is 5.82 Å². The number of anilines is 1. The highest BCUT2D eigenvalue weighted by molar-refractivity contribution is 5.42. The highest BCUT2D eigenvalue weighted by Crippen LogP contribution is 2.34. The van der Waals surface area contributed by atoms with E-state index in [1.54, 1.807) is 17.9 Å². The van der Waals surface area contributed by atoms with E-state index in [1.807, 2.05) is 30.3 Å². The van der Waals surface area contributed by atoms with Crippen molar-refractivity contribution in [3.05, 3.63) is 58.1 Å². The summed E-state index contributed by atoms with van der Waals surface area (Å²) in [6.45, 7) is 0.799. The molecule has 140 valence electrons. The molecule has 1 aliphatic carbocycles. The second kappa shape index (κ2) is 8.44. The van der Waals surface area contributed by atoms with E-state index in [2.05, 4.69) is 10.3 Å². The molecule has 3 N–H and O–H groups in total. The maximum Gasteiger partial charge on any atom is 0.349 e. The van der Waals surface area contributed by atoms with Gasteiger partial charge in [0.25, 0.3) is 0 Å². The Kier molecular flexibility index (Phi) is 6.03. The van der Waals surface area contributed by atoms with E-state index in [-0.39, 0.29) is 24.3 Å². The number of aliphatic hydroxyl groups is 2. The van der Waals surface area contributed by atoms with Crippen LogP contribution in [-0.4, -0.2) is 39.6 Å². The quantitative estimate of drug-likeness (QED) is 0.690. The molecule has 1 aromatic carbocycles. The Morgan fingerprint density at radius 1 is 1.31 bits per heavy atom. The van der Waals surface area contributed by atoms with Crippen LogP contribution in [-0.2, 0) is 17.9 Å². The fourth-order valence-corrected chi connectivity index (χ4v) is 3.46. The van der Waals surface area contributed by atoms with Crippen molar-refractivity contribution in [2.45, 2.75) is 38.1 Å². The van der Waals surface area contributed by atoms with Crippen molar-refractivity contribution >= 4 is 5.82 Å². The summed E-state index contributed by atoms with van der Waals surface area (Å²) in [7, 11) is 1.59. The Morgan fingerprint density at radius 2 is 2.08 bits per heavy atom. The summed E-state index contributed by atoms with van der Waals surface area (Å²) in [5.41, 5.74) is 1.51. The molecule has 0 spiro atoms. The molecule has 1 saturated carbocycles. The molecule has 1 aromatic heterocycles. The van der Waals surface area contributed by atoms with Gasteiger partial charge in [-0.25, -0.2) is 4.79 Å². The van der Waals surface area contributed by atoms with Gasteiger partial charge in [-0.2, -0.15) is 4.98 Å². The number of hydrogen-bond donors (Lipinski definition) is 3. The third-order valence-electron chi connectivity index (χ3n) is 4.89. The first kappa shape index (κ1) is 18.6. The van der Waals surface area contributed by atoms with Crippen LogP contribution in [0.15, 0.2) is 41.3 Å². The summed E-state index contributed by atoms with van der Waals surface area (Å²) in [5.74, 6) is 0.308. The summed E-state index contributed by atoms with van der Waals surface area (Å²) in [6.07, 6.45) is 2.15. The lowest BCUT2D eigenvalue weighted by Gasteiger charge is -2.17. The zero-order valence-electron chi connectivity index (χ0n) is 14.8. The van der Waals surface area contributed by atoms with Crippen molar-refractivity contribution in [2.24, 2.45) is 5.92 Å². The van der Waals surface area contributed by atoms with Crippen LogP contribution in [0.2, 0.25) is 0 Å². The molecule has 1 fully saturated rings. The van der Waals surface area contributed by atoms with Crippen molar-refractivity contribution in [2.75, 3.05) is 19.0 Å². The van der Waals surface area contributed by atoms with Crippen molar-refractivity contribution in [1.29, 1.82) is 0 Å². The van der Waals surface area contributed by atoms with E-state index in [0.29, 0.717) is 31.8 Å². The highest BCUT2D eigenvalue weighted by Gasteiger charge is 2.34. The van der Waals surface area contributed by atoms with Crippen LogP contribution in [0, 0.1) is 5.92 Å². The molecule has 0 aliphatic heterocycles. The molecule has 2 aromatic rings. The van der Waals surface area contributed by atoms with Gasteiger partial charge in [0.05, 0.1) is 12.7 Å². The molecule has 1 heterocycles.